The summed E-state index contributed by atoms with van der Waals surface area (Å²) < 4.78 is 0. The van der Waals surface area contributed by atoms with Gasteiger partial charge < -0.3 is 0 Å². The summed E-state index contributed by atoms with van der Waals surface area (Å²) in [5.74, 6) is 0.990. The first-order valence-corrected chi connectivity index (χ1v) is 11.7. The van der Waals surface area contributed by atoms with Gasteiger partial charge in [0, 0.05) is 0 Å². The molecule has 1 unspecified atom stereocenters. The van der Waals surface area contributed by atoms with E-state index in [1.54, 1.807) is 0 Å². The molecule has 0 saturated heterocycles. The number of unbranched alkanes of at least 4 members (excludes halogenated alkanes) is 14. The first-order valence-electron chi connectivity index (χ1n) is 11.7. The molecule has 1 atom stereocenters. The molecule has 0 rings (SSSR count). The monoisotopic (exact) mass is 337 g/mol. The lowest BCUT2D eigenvalue weighted by Gasteiger charge is -2.17. The van der Waals surface area contributed by atoms with Crippen molar-refractivity contribution in [1.29, 1.82) is 0 Å². The van der Waals surface area contributed by atoms with E-state index in [0.29, 0.717) is 0 Å². The maximum Gasteiger partial charge on any atom is -0.0383 e. The summed E-state index contributed by atoms with van der Waals surface area (Å²) in [7, 11) is 0. The molecule has 0 aromatic heterocycles. The van der Waals surface area contributed by atoms with E-state index >= 15 is 0 Å². The van der Waals surface area contributed by atoms with Crippen LogP contribution in [0.4, 0.5) is 0 Å². The van der Waals surface area contributed by atoms with Crippen LogP contribution < -0.4 is 0 Å². The Morgan fingerprint density at radius 3 is 1.46 bits per heavy atom. The highest BCUT2D eigenvalue weighted by molar-refractivity contribution is 4.72. The second-order valence-electron chi connectivity index (χ2n) is 8.00. The van der Waals surface area contributed by atoms with Gasteiger partial charge in [0.25, 0.3) is 0 Å². The molecule has 0 fully saturated rings. The summed E-state index contributed by atoms with van der Waals surface area (Å²) in [6, 6.07) is 0. The number of hydrogen-bond acceptors (Lipinski definition) is 0. The fourth-order valence-corrected chi connectivity index (χ4v) is 3.70. The molecule has 1 radical (unpaired) electrons. The lowest BCUT2D eigenvalue weighted by Crippen LogP contribution is -2.02. The van der Waals surface area contributed by atoms with Gasteiger partial charge in [0.2, 0.25) is 0 Å². The molecule has 145 valence electrons. The van der Waals surface area contributed by atoms with Gasteiger partial charge in [-0.1, -0.05) is 136 Å². The van der Waals surface area contributed by atoms with E-state index in [9.17, 15) is 0 Å². The summed E-state index contributed by atoms with van der Waals surface area (Å²) in [5.41, 5.74) is 0. The lowest BCUT2D eigenvalue weighted by molar-refractivity contribution is 0.395. The second-order valence-corrected chi connectivity index (χ2v) is 8.00. The third-order valence-corrected chi connectivity index (χ3v) is 5.44. The van der Waals surface area contributed by atoms with Crippen LogP contribution in [0.5, 0.6) is 0 Å². The van der Waals surface area contributed by atoms with Crippen LogP contribution in [-0.2, 0) is 0 Å². The van der Waals surface area contributed by atoms with Crippen molar-refractivity contribution in [2.24, 2.45) is 5.92 Å². The molecule has 0 aromatic rings. The van der Waals surface area contributed by atoms with E-state index in [1.807, 2.05) is 0 Å². The van der Waals surface area contributed by atoms with Crippen molar-refractivity contribution in [3.05, 3.63) is 6.42 Å². The van der Waals surface area contributed by atoms with Gasteiger partial charge in [-0.05, 0) is 18.8 Å². The number of rotatable bonds is 20. The minimum Gasteiger partial charge on any atom is -0.0654 e. The first kappa shape index (κ1) is 24.0. The predicted molar refractivity (Wildman–Crippen MR) is 113 cm³/mol. The summed E-state index contributed by atoms with van der Waals surface area (Å²) >= 11 is 0. The molecule has 24 heavy (non-hydrogen) atoms. The third-order valence-electron chi connectivity index (χ3n) is 5.44. The normalized spacial score (nSPS) is 12.6. The molecule has 0 saturated carbocycles. The summed E-state index contributed by atoms with van der Waals surface area (Å²) in [6.07, 6.45) is 29.9. The van der Waals surface area contributed by atoms with E-state index in [-0.39, 0.29) is 0 Å². The molecule has 0 aromatic carbocycles. The Morgan fingerprint density at radius 2 is 0.917 bits per heavy atom. The van der Waals surface area contributed by atoms with Gasteiger partial charge >= 0.3 is 0 Å². The smallest absolute Gasteiger partial charge is 0.0383 e. The number of hydrogen-bond donors (Lipinski definition) is 0. The van der Waals surface area contributed by atoms with Crippen LogP contribution in [0.15, 0.2) is 0 Å². The molecule has 0 aliphatic heterocycles. The zero-order valence-electron chi connectivity index (χ0n) is 17.6. The molecule has 0 heteroatoms. The zero-order valence-corrected chi connectivity index (χ0v) is 17.6. The van der Waals surface area contributed by atoms with E-state index in [1.165, 1.54) is 122 Å². The highest BCUT2D eigenvalue weighted by Crippen LogP contribution is 2.24. The first-order chi connectivity index (χ1) is 11.8. The molecule has 0 bridgehead atoms. The molecule has 0 aliphatic rings. The van der Waals surface area contributed by atoms with E-state index < -0.39 is 0 Å². The van der Waals surface area contributed by atoms with E-state index in [2.05, 4.69) is 27.2 Å². The minimum atomic E-state index is 0.990. The standard InChI is InChI=1S/C24H49/c1-4-7-10-13-15-17-20-23-24(21-18-12-9-6-3)22-19-16-14-11-8-5-2/h20,24H,4-19,21-23H2,1-3H3. The molecule has 0 spiro atoms. The Balaban J connectivity index is 3.70. The molecule has 0 nitrogen and oxygen atoms in total. The fourth-order valence-electron chi connectivity index (χ4n) is 3.70. The van der Waals surface area contributed by atoms with E-state index in [0.717, 1.165) is 5.92 Å². The third kappa shape index (κ3) is 18.3. The quantitative estimate of drug-likeness (QED) is 0.194. The van der Waals surface area contributed by atoms with Crippen molar-refractivity contribution < 1.29 is 0 Å². The molecule has 0 N–H and O–H groups in total. The van der Waals surface area contributed by atoms with Gasteiger partial charge in [0.15, 0.2) is 0 Å². The van der Waals surface area contributed by atoms with E-state index in [4.69, 9.17) is 0 Å². The lowest BCUT2D eigenvalue weighted by atomic mass is 9.89. The zero-order chi connectivity index (χ0) is 17.7. The Kier molecular flexibility index (Phi) is 21.0. The molecule has 0 amide bonds. The topological polar surface area (TPSA) is 0 Å². The summed E-state index contributed by atoms with van der Waals surface area (Å²) in [4.78, 5) is 0. The van der Waals surface area contributed by atoms with Crippen molar-refractivity contribution in [3.8, 4) is 0 Å². The SMILES string of the molecule is CCCCCCC[CH]CC(CCCCCC)CCCCCCCC. The Hall–Kier alpha value is 0. The van der Waals surface area contributed by atoms with Crippen molar-refractivity contribution in [2.75, 3.05) is 0 Å². The maximum atomic E-state index is 2.63. The van der Waals surface area contributed by atoms with Gasteiger partial charge in [-0.25, -0.2) is 0 Å². The summed E-state index contributed by atoms with van der Waals surface area (Å²) in [6.45, 7) is 6.93. The predicted octanol–water partition coefficient (Wildman–Crippen LogP) is 9.28. The van der Waals surface area contributed by atoms with Crippen molar-refractivity contribution >= 4 is 0 Å². The van der Waals surface area contributed by atoms with Crippen LogP contribution in [0.1, 0.15) is 143 Å². The minimum absolute atomic E-state index is 0.990. The van der Waals surface area contributed by atoms with Gasteiger partial charge in [0.05, 0.1) is 0 Å². The van der Waals surface area contributed by atoms with Crippen LogP contribution in [0, 0.1) is 12.3 Å². The molecule has 0 aliphatic carbocycles. The Bertz CT molecular complexity index is 208. The maximum absolute atomic E-state index is 2.63. The largest absolute Gasteiger partial charge is 0.0654 e. The van der Waals surface area contributed by atoms with Gasteiger partial charge in [0.1, 0.15) is 0 Å². The fraction of sp³-hybridized carbons (Fsp3) is 0.958. The van der Waals surface area contributed by atoms with Crippen LogP contribution in [-0.4, -0.2) is 0 Å². The highest BCUT2D eigenvalue weighted by Gasteiger charge is 2.08. The Morgan fingerprint density at radius 1 is 0.500 bits per heavy atom. The van der Waals surface area contributed by atoms with Crippen molar-refractivity contribution in [3.63, 3.8) is 0 Å². The highest BCUT2D eigenvalue weighted by atomic mass is 14.1. The van der Waals surface area contributed by atoms with Crippen LogP contribution in [0.2, 0.25) is 0 Å². The van der Waals surface area contributed by atoms with Gasteiger partial charge in [-0.3, -0.25) is 0 Å². The molecular weight excluding hydrogens is 288 g/mol. The summed E-state index contributed by atoms with van der Waals surface area (Å²) in [5, 5.41) is 0. The molecule has 0 heterocycles. The second kappa shape index (κ2) is 21.0. The Labute approximate surface area is 155 Å². The van der Waals surface area contributed by atoms with Gasteiger partial charge in [-0.2, -0.15) is 0 Å². The van der Waals surface area contributed by atoms with Crippen molar-refractivity contribution in [2.45, 2.75) is 143 Å². The van der Waals surface area contributed by atoms with Crippen LogP contribution in [0.3, 0.4) is 0 Å². The van der Waals surface area contributed by atoms with Crippen molar-refractivity contribution in [1.82, 2.24) is 0 Å². The molecular formula is C24H49. The van der Waals surface area contributed by atoms with Gasteiger partial charge in [-0.15, -0.1) is 0 Å². The van der Waals surface area contributed by atoms with Crippen LogP contribution in [0.25, 0.3) is 0 Å². The average Bonchev–Trinajstić information content (AvgIpc) is 2.60. The van der Waals surface area contributed by atoms with Crippen LogP contribution >= 0.6 is 0 Å². The average molecular weight is 338 g/mol.